The number of halogens is 3. The maximum Gasteiger partial charge on any atom is 0.326 e. The molecule has 0 radical (unpaired) electrons. The lowest BCUT2D eigenvalue weighted by atomic mass is 10.2. The Labute approximate surface area is 173 Å². The minimum Gasteiger partial charge on any atom is -0.433 e. The van der Waals surface area contributed by atoms with Crippen molar-refractivity contribution < 1.29 is 22.7 Å². The van der Waals surface area contributed by atoms with Crippen LogP contribution in [0.3, 0.4) is 0 Å². The predicted molar refractivity (Wildman–Crippen MR) is 105 cm³/mol. The van der Waals surface area contributed by atoms with Crippen molar-refractivity contribution in [2.45, 2.75) is 6.54 Å². The highest BCUT2D eigenvalue weighted by molar-refractivity contribution is 5.97. The van der Waals surface area contributed by atoms with Crippen molar-refractivity contribution in [3.63, 3.8) is 0 Å². The molecule has 31 heavy (non-hydrogen) atoms. The van der Waals surface area contributed by atoms with E-state index in [1.807, 2.05) is 0 Å². The van der Waals surface area contributed by atoms with E-state index in [1.165, 1.54) is 16.8 Å². The summed E-state index contributed by atoms with van der Waals surface area (Å²) in [7, 11) is 1.63. The Balaban J connectivity index is 1.41. The van der Waals surface area contributed by atoms with Crippen LogP contribution in [0, 0.1) is 17.5 Å². The van der Waals surface area contributed by atoms with Gasteiger partial charge in [0.2, 0.25) is 11.6 Å². The average molecular weight is 428 g/mol. The molecule has 2 heterocycles. The van der Waals surface area contributed by atoms with Crippen molar-refractivity contribution in [2.75, 3.05) is 0 Å². The lowest BCUT2D eigenvalue weighted by molar-refractivity contribution is 0.0951. The van der Waals surface area contributed by atoms with Gasteiger partial charge < -0.3 is 15.0 Å². The van der Waals surface area contributed by atoms with Gasteiger partial charge in [-0.05, 0) is 23.8 Å². The van der Waals surface area contributed by atoms with Gasteiger partial charge in [-0.25, -0.2) is 22.9 Å². The summed E-state index contributed by atoms with van der Waals surface area (Å²) in [5, 5.41) is 2.71. The highest BCUT2D eigenvalue weighted by atomic mass is 19.1. The van der Waals surface area contributed by atoms with Gasteiger partial charge >= 0.3 is 5.69 Å². The van der Waals surface area contributed by atoms with E-state index in [-0.39, 0.29) is 24.0 Å². The third-order valence-electron chi connectivity index (χ3n) is 4.59. The molecule has 0 aliphatic rings. The fourth-order valence-electron chi connectivity index (χ4n) is 2.97. The fourth-order valence-corrected chi connectivity index (χ4v) is 2.97. The zero-order chi connectivity index (χ0) is 22.1. The van der Waals surface area contributed by atoms with E-state index >= 15 is 0 Å². The van der Waals surface area contributed by atoms with Crippen LogP contribution in [0.5, 0.6) is 11.6 Å². The number of benzene rings is 2. The number of carbonyl (C=O) groups excluding carboxylic acids is 1. The number of fused-ring (bicyclic) bond motifs is 1. The molecular weight excluding hydrogens is 413 g/mol. The van der Waals surface area contributed by atoms with Crippen molar-refractivity contribution in [1.82, 2.24) is 19.9 Å². The number of rotatable bonds is 5. The van der Waals surface area contributed by atoms with Gasteiger partial charge in [-0.2, -0.15) is 0 Å². The van der Waals surface area contributed by atoms with Gasteiger partial charge in [-0.3, -0.25) is 9.36 Å². The minimum atomic E-state index is -1.19. The normalized spacial score (nSPS) is 11.0. The van der Waals surface area contributed by atoms with E-state index in [4.69, 9.17) is 4.74 Å². The molecule has 0 aliphatic carbocycles. The van der Waals surface area contributed by atoms with Gasteiger partial charge in [0.05, 0.1) is 11.0 Å². The van der Waals surface area contributed by atoms with Crippen molar-refractivity contribution in [2.24, 2.45) is 7.05 Å². The molecule has 0 unspecified atom stereocenters. The van der Waals surface area contributed by atoms with Crippen LogP contribution in [0.1, 0.15) is 15.9 Å². The molecule has 0 saturated carbocycles. The molecule has 158 valence electrons. The first-order chi connectivity index (χ1) is 14.8. The number of amides is 1. The second kappa shape index (κ2) is 7.98. The molecule has 2 aromatic carbocycles. The number of ether oxygens (including phenoxy) is 1. The second-order valence-corrected chi connectivity index (χ2v) is 6.71. The highest BCUT2D eigenvalue weighted by Crippen LogP contribution is 2.27. The maximum atomic E-state index is 13.7. The van der Waals surface area contributed by atoms with Gasteiger partial charge in [-0.1, -0.05) is 6.07 Å². The molecule has 7 nitrogen and oxygen atoms in total. The number of hydrogen-bond acceptors (Lipinski definition) is 4. The molecule has 2 N–H and O–H groups in total. The number of carbonyl (C=O) groups is 1. The first-order valence-corrected chi connectivity index (χ1v) is 9.06. The largest absolute Gasteiger partial charge is 0.433 e. The fraction of sp³-hybridized carbons (Fsp3) is 0.0952. The number of aromatic amines is 1. The highest BCUT2D eigenvalue weighted by Gasteiger charge is 2.15. The topological polar surface area (TPSA) is 89.0 Å². The number of imidazole rings is 1. The van der Waals surface area contributed by atoms with E-state index < -0.39 is 23.2 Å². The molecule has 0 saturated heterocycles. The zero-order valence-corrected chi connectivity index (χ0v) is 16.1. The van der Waals surface area contributed by atoms with Gasteiger partial charge in [-0.15, -0.1) is 0 Å². The van der Waals surface area contributed by atoms with Crippen molar-refractivity contribution in [1.29, 1.82) is 0 Å². The molecule has 4 aromatic rings. The molecule has 1 amide bonds. The van der Waals surface area contributed by atoms with Crippen molar-refractivity contribution in [3.8, 4) is 11.6 Å². The summed E-state index contributed by atoms with van der Waals surface area (Å²) in [4.78, 5) is 30.7. The van der Waals surface area contributed by atoms with E-state index in [1.54, 1.807) is 31.3 Å². The minimum absolute atomic E-state index is 0.0991. The molecule has 4 rings (SSSR count). The van der Waals surface area contributed by atoms with Crippen molar-refractivity contribution >= 4 is 16.9 Å². The summed E-state index contributed by atoms with van der Waals surface area (Å²) in [6, 6.07) is 8.78. The number of hydrogen-bond donors (Lipinski definition) is 2. The Morgan fingerprint density at radius 3 is 2.55 bits per heavy atom. The van der Waals surface area contributed by atoms with Gasteiger partial charge in [0.1, 0.15) is 5.82 Å². The molecule has 10 heteroatoms. The van der Waals surface area contributed by atoms with Crippen LogP contribution in [-0.4, -0.2) is 20.4 Å². The lowest BCUT2D eigenvalue weighted by Gasteiger charge is -2.09. The zero-order valence-electron chi connectivity index (χ0n) is 16.1. The van der Waals surface area contributed by atoms with Crippen LogP contribution in [0.2, 0.25) is 0 Å². The van der Waals surface area contributed by atoms with Crippen LogP contribution < -0.4 is 15.7 Å². The maximum absolute atomic E-state index is 13.7. The average Bonchev–Trinajstić information content (AvgIpc) is 3.02. The van der Waals surface area contributed by atoms with E-state index in [2.05, 4.69) is 15.3 Å². The quantitative estimate of drug-likeness (QED) is 0.510. The summed E-state index contributed by atoms with van der Waals surface area (Å²) in [5.74, 6) is -4.65. The third-order valence-corrected chi connectivity index (χ3v) is 4.59. The van der Waals surface area contributed by atoms with Crippen LogP contribution >= 0.6 is 0 Å². The third kappa shape index (κ3) is 4.13. The predicted octanol–water partition coefficient (Wildman–Crippen LogP) is 3.40. The summed E-state index contributed by atoms with van der Waals surface area (Å²) < 4.78 is 46.8. The number of nitrogens with one attached hydrogen (secondary N) is 2. The lowest BCUT2D eigenvalue weighted by Crippen LogP contribution is -2.22. The second-order valence-electron chi connectivity index (χ2n) is 6.71. The van der Waals surface area contributed by atoms with Crippen LogP contribution in [-0.2, 0) is 13.6 Å². The van der Waals surface area contributed by atoms with Crippen molar-refractivity contribution in [3.05, 3.63) is 87.7 Å². The smallest absolute Gasteiger partial charge is 0.326 e. The molecule has 0 atom stereocenters. The Bertz CT molecular complexity index is 1320. The standard InChI is InChI=1S/C21H15F3N4O3/c1-28-17-4-3-12(6-16(17)27-21(28)30)20(29)26-10-11-2-5-18(25-9-11)31-19-14(23)7-13(22)8-15(19)24/h2-9H,10H2,1H3,(H,26,29)(H,27,30). The molecule has 0 fully saturated rings. The van der Waals surface area contributed by atoms with E-state index in [9.17, 15) is 22.8 Å². The SMILES string of the molecule is Cn1c(=O)[nH]c2cc(C(=O)NCc3ccc(Oc4c(F)cc(F)cc4F)nc3)ccc21. The first-order valence-electron chi connectivity index (χ1n) is 9.06. The Kier molecular flexibility index (Phi) is 5.20. The van der Waals surface area contributed by atoms with E-state index in [0.29, 0.717) is 34.3 Å². The monoisotopic (exact) mass is 428 g/mol. The number of aryl methyl sites for hydroxylation is 1. The molecular formula is C21H15F3N4O3. The molecule has 0 spiro atoms. The van der Waals surface area contributed by atoms with Crippen LogP contribution in [0.15, 0.2) is 53.5 Å². The number of H-pyrrole nitrogens is 1. The Morgan fingerprint density at radius 2 is 1.87 bits per heavy atom. The summed E-state index contributed by atoms with van der Waals surface area (Å²) in [6.45, 7) is 0.134. The molecule has 2 aromatic heterocycles. The Hall–Kier alpha value is -4.08. The number of aromatic nitrogens is 3. The summed E-state index contributed by atoms with van der Waals surface area (Å²) in [6.07, 6.45) is 1.37. The van der Waals surface area contributed by atoms with E-state index in [0.717, 1.165) is 0 Å². The van der Waals surface area contributed by atoms with Crippen LogP contribution in [0.4, 0.5) is 13.2 Å². The Morgan fingerprint density at radius 1 is 1.13 bits per heavy atom. The summed E-state index contributed by atoms with van der Waals surface area (Å²) in [5.41, 5.74) is 1.92. The number of nitrogens with zero attached hydrogens (tertiary/aromatic N) is 2. The van der Waals surface area contributed by atoms with Crippen LogP contribution in [0.25, 0.3) is 11.0 Å². The van der Waals surface area contributed by atoms with Gasteiger partial charge in [0.15, 0.2) is 11.6 Å². The summed E-state index contributed by atoms with van der Waals surface area (Å²) >= 11 is 0. The molecule has 0 aliphatic heterocycles. The first kappa shape index (κ1) is 20.2. The number of pyridine rings is 1. The molecule has 0 bridgehead atoms. The van der Waals surface area contributed by atoms with Gasteiger partial charge in [0, 0.05) is 43.6 Å². The van der Waals surface area contributed by atoms with Gasteiger partial charge in [0.25, 0.3) is 5.91 Å².